The van der Waals surface area contributed by atoms with Gasteiger partial charge in [-0.3, -0.25) is 4.79 Å². The number of esters is 2. The third-order valence-electron chi connectivity index (χ3n) is 13.9. The molecule has 6 rings (SSSR count). The van der Waals surface area contributed by atoms with Gasteiger partial charge in [0, 0.05) is 30.3 Å². The fourth-order valence-electron chi connectivity index (χ4n) is 11.5. The van der Waals surface area contributed by atoms with Gasteiger partial charge in [-0.25, -0.2) is 4.79 Å². The van der Waals surface area contributed by atoms with Crippen LogP contribution in [0.15, 0.2) is 42.0 Å². The number of rotatable bonds is 12. The summed E-state index contributed by atoms with van der Waals surface area (Å²) in [5, 5.41) is 13.8. The lowest BCUT2D eigenvalue weighted by Crippen LogP contribution is -2.72. The topological polar surface area (TPSA) is 72.8 Å². The van der Waals surface area contributed by atoms with Gasteiger partial charge in [0.2, 0.25) is 0 Å². The van der Waals surface area contributed by atoms with Crippen LogP contribution < -0.4 is 0 Å². The van der Waals surface area contributed by atoms with Crippen LogP contribution in [-0.4, -0.2) is 35.4 Å². The molecule has 2 bridgehead atoms. The van der Waals surface area contributed by atoms with Crippen molar-refractivity contribution >= 4 is 11.9 Å². The van der Waals surface area contributed by atoms with Crippen LogP contribution in [0.25, 0.3) is 0 Å². The lowest BCUT2D eigenvalue weighted by molar-refractivity contribution is -0.285. The SMILES string of the molecule is C[C@H](CCCc1ccccc1)CCC[C@]12CCC[C@@](C)(C3CCCCC3)[C@@H]1[C@H]1C[C@](C)(C#CCCC(=O)O1)[C@]2(O)CCC1=CC(=O)OC1. The monoisotopic (exact) mass is 656 g/mol. The van der Waals surface area contributed by atoms with Crippen LogP contribution in [0.1, 0.15) is 142 Å². The summed E-state index contributed by atoms with van der Waals surface area (Å²) in [6.07, 6.45) is 19.9. The molecule has 0 amide bonds. The van der Waals surface area contributed by atoms with E-state index in [9.17, 15) is 14.7 Å². The number of aryl methyl sites for hydroxylation is 1. The Labute approximate surface area is 290 Å². The highest BCUT2D eigenvalue weighted by molar-refractivity contribution is 5.85. The first kappa shape index (κ1) is 35.3. The van der Waals surface area contributed by atoms with Gasteiger partial charge in [0.05, 0.1) is 17.4 Å². The largest absolute Gasteiger partial charge is 0.462 e. The number of carbonyl (C=O) groups is 2. The van der Waals surface area contributed by atoms with Crippen molar-refractivity contribution in [2.75, 3.05) is 6.61 Å². The maximum absolute atomic E-state index is 13.8. The maximum atomic E-state index is 13.8. The van der Waals surface area contributed by atoms with E-state index < -0.39 is 16.4 Å². The Kier molecular flexibility index (Phi) is 10.8. The van der Waals surface area contributed by atoms with Gasteiger partial charge in [0.15, 0.2) is 0 Å². The first-order chi connectivity index (χ1) is 23.1. The average molecular weight is 657 g/mol. The quantitative estimate of drug-likeness (QED) is 0.179. The van der Waals surface area contributed by atoms with Gasteiger partial charge in [-0.2, -0.15) is 0 Å². The molecule has 262 valence electrons. The smallest absolute Gasteiger partial charge is 0.331 e. The normalized spacial score (nSPS) is 35.9. The van der Waals surface area contributed by atoms with Crippen molar-refractivity contribution < 1.29 is 24.2 Å². The van der Waals surface area contributed by atoms with Crippen molar-refractivity contribution in [2.24, 2.45) is 34.0 Å². The Morgan fingerprint density at radius 1 is 0.958 bits per heavy atom. The molecule has 1 aromatic rings. The van der Waals surface area contributed by atoms with Gasteiger partial charge >= 0.3 is 11.9 Å². The third kappa shape index (κ3) is 6.90. The summed E-state index contributed by atoms with van der Waals surface area (Å²) in [4.78, 5) is 25.4. The summed E-state index contributed by atoms with van der Waals surface area (Å²) in [5.41, 5.74) is 0.0892. The molecule has 5 nitrogen and oxygen atoms in total. The molecule has 5 heteroatoms. The van der Waals surface area contributed by atoms with E-state index in [0.717, 1.165) is 50.5 Å². The fourth-order valence-corrected chi connectivity index (χ4v) is 11.5. The number of cyclic esters (lactones) is 1. The van der Waals surface area contributed by atoms with Crippen LogP contribution in [0, 0.1) is 45.8 Å². The maximum Gasteiger partial charge on any atom is 0.331 e. The van der Waals surface area contributed by atoms with E-state index in [4.69, 9.17) is 9.47 Å². The Bertz CT molecular complexity index is 1380. The molecule has 48 heavy (non-hydrogen) atoms. The molecule has 1 aromatic carbocycles. The van der Waals surface area contributed by atoms with Gasteiger partial charge in [-0.15, -0.1) is 5.92 Å². The molecule has 2 aliphatic heterocycles. The van der Waals surface area contributed by atoms with Gasteiger partial charge < -0.3 is 14.6 Å². The van der Waals surface area contributed by atoms with Crippen molar-refractivity contribution in [2.45, 2.75) is 154 Å². The summed E-state index contributed by atoms with van der Waals surface area (Å²) in [5.74, 6) is 7.81. The van der Waals surface area contributed by atoms with Gasteiger partial charge in [-0.1, -0.05) is 95.0 Å². The van der Waals surface area contributed by atoms with Crippen molar-refractivity contribution in [3.05, 3.63) is 47.5 Å². The average Bonchev–Trinajstić information content (AvgIpc) is 3.52. The number of aliphatic hydroxyl groups is 1. The second-order valence-electron chi connectivity index (χ2n) is 16.8. The molecule has 3 fully saturated rings. The van der Waals surface area contributed by atoms with E-state index in [0.29, 0.717) is 50.5 Å². The first-order valence-electron chi connectivity index (χ1n) is 19.4. The van der Waals surface area contributed by atoms with E-state index in [1.54, 1.807) is 6.08 Å². The molecule has 5 aliphatic rings. The van der Waals surface area contributed by atoms with Crippen LogP contribution in [0.5, 0.6) is 0 Å². The molecular formula is C43H60O5. The lowest BCUT2D eigenvalue weighted by atomic mass is 9.36. The second kappa shape index (κ2) is 14.7. The molecule has 0 saturated heterocycles. The Morgan fingerprint density at radius 2 is 1.73 bits per heavy atom. The highest BCUT2D eigenvalue weighted by Crippen LogP contribution is 2.71. The predicted molar refractivity (Wildman–Crippen MR) is 190 cm³/mol. The molecule has 2 heterocycles. The molecule has 3 saturated carbocycles. The summed E-state index contributed by atoms with van der Waals surface area (Å²) in [6.45, 7) is 7.38. The highest BCUT2D eigenvalue weighted by atomic mass is 16.5. The van der Waals surface area contributed by atoms with Gasteiger partial charge in [-0.05, 0) is 93.1 Å². The standard InChI is InChI=1S/C43H60O5/c1-32(15-12-19-33-17-6-4-7-18-33)16-13-26-42-27-14-25-41(3,35-20-8-5-9-21-35)39(42)36-30-40(2,24-11-10-22-37(44)48-36)43(42,46)28-23-34-29-38(45)47-31-34/h4,6-7,17-18,29,32,35-36,39,46H,5,8-10,12-16,19-23,25-28,30-31H2,1-3H3/t32-,36-,39+,40+,41+,42+,43-/m1/s1. The van der Waals surface area contributed by atoms with Gasteiger partial charge in [0.25, 0.3) is 0 Å². The minimum atomic E-state index is -1.09. The Hall–Kier alpha value is -2.58. The van der Waals surface area contributed by atoms with Crippen LogP contribution in [-0.2, 0) is 25.5 Å². The van der Waals surface area contributed by atoms with Crippen LogP contribution >= 0.6 is 0 Å². The summed E-state index contributed by atoms with van der Waals surface area (Å²) in [6, 6.07) is 10.8. The zero-order valence-corrected chi connectivity index (χ0v) is 30.0. The van der Waals surface area contributed by atoms with Gasteiger partial charge in [0.1, 0.15) is 12.7 Å². The molecule has 3 aliphatic carbocycles. The molecule has 0 spiro atoms. The van der Waals surface area contributed by atoms with Crippen LogP contribution in [0.3, 0.4) is 0 Å². The number of benzene rings is 1. The van der Waals surface area contributed by atoms with Crippen LogP contribution in [0.2, 0.25) is 0 Å². The zero-order valence-electron chi connectivity index (χ0n) is 30.0. The second-order valence-corrected chi connectivity index (χ2v) is 16.8. The summed E-state index contributed by atoms with van der Waals surface area (Å²) < 4.78 is 11.9. The number of hydrogen-bond acceptors (Lipinski definition) is 5. The predicted octanol–water partition coefficient (Wildman–Crippen LogP) is 9.30. The van der Waals surface area contributed by atoms with Crippen molar-refractivity contribution in [1.82, 2.24) is 0 Å². The molecule has 0 radical (unpaired) electrons. The number of hydrogen-bond donors (Lipinski definition) is 1. The van der Waals surface area contributed by atoms with E-state index in [2.05, 4.69) is 62.9 Å². The minimum absolute atomic E-state index is 0.0204. The molecule has 1 N–H and O–H groups in total. The van der Waals surface area contributed by atoms with E-state index in [1.807, 2.05) is 0 Å². The molecule has 7 atom stereocenters. The van der Waals surface area contributed by atoms with Crippen LogP contribution in [0.4, 0.5) is 0 Å². The number of ether oxygens (including phenoxy) is 2. The highest BCUT2D eigenvalue weighted by Gasteiger charge is 2.72. The summed E-state index contributed by atoms with van der Waals surface area (Å²) >= 11 is 0. The fraction of sp³-hybridized carbons (Fsp3) is 0.721. The number of carbonyl (C=O) groups excluding carboxylic acids is 2. The molecule has 0 aromatic heterocycles. The van der Waals surface area contributed by atoms with E-state index >= 15 is 0 Å². The summed E-state index contributed by atoms with van der Waals surface area (Å²) in [7, 11) is 0. The van der Waals surface area contributed by atoms with E-state index in [1.165, 1.54) is 50.5 Å². The zero-order chi connectivity index (χ0) is 33.8. The molecule has 0 unspecified atom stereocenters. The van der Waals surface area contributed by atoms with Crippen molar-refractivity contribution in [3.63, 3.8) is 0 Å². The van der Waals surface area contributed by atoms with Crippen molar-refractivity contribution in [3.8, 4) is 11.8 Å². The van der Waals surface area contributed by atoms with Crippen molar-refractivity contribution in [1.29, 1.82) is 0 Å². The third-order valence-corrected chi connectivity index (χ3v) is 13.9. The lowest BCUT2D eigenvalue weighted by Gasteiger charge is -2.70. The minimum Gasteiger partial charge on any atom is -0.462 e. The Balaban J connectivity index is 1.35. The Morgan fingerprint density at radius 3 is 2.48 bits per heavy atom. The molecular weight excluding hydrogens is 596 g/mol. The number of fused-ring (bicyclic) bond motifs is 4. The van der Waals surface area contributed by atoms with E-state index in [-0.39, 0.29) is 29.4 Å². The first-order valence-corrected chi connectivity index (χ1v) is 19.4.